The van der Waals surface area contributed by atoms with Gasteiger partial charge in [0.2, 0.25) is 5.91 Å². The third-order valence-electron chi connectivity index (χ3n) is 5.61. The van der Waals surface area contributed by atoms with Crippen molar-refractivity contribution in [1.29, 1.82) is 0 Å². The van der Waals surface area contributed by atoms with Gasteiger partial charge in [0.05, 0.1) is 19.8 Å². The first-order chi connectivity index (χ1) is 13.7. The van der Waals surface area contributed by atoms with Gasteiger partial charge >= 0.3 is 0 Å². The second kappa shape index (κ2) is 11.4. The molecule has 6 heteroatoms. The number of hydrogen-bond acceptors (Lipinski definition) is 5. The number of rotatable bonds is 8. The summed E-state index contributed by atoms with van der Waals surface area (Å²) in [7, 11) is 1.67. The van der Waals surface area contributed by atoms with E-state index < -0.39 is 0 Å². The molecule has 0 bridgehead atoms. The molecule has 6 nitrogen and oxygen atoms in total. The maximum Gasteiger partial charge on any atom is 0.234 e. The molecular formula is C22H35N3O3. The summed E-state index contributed by atoms with van der Waals surface area (Å²) in [5, 5.41) is 3.06. The van der Waals surface area contributed by atoms with Crippen molar-refractivity contribution < 1.29 is 14.3 Å². The fourth-order valence-electron chi connectivity index (χ4n) is 4.05. The van der Waals surface area contributed by atoms with Crippen LogP contribution < -0.4 is 10.1 Å². The molecular weight excluding hydrogens is 354 g/mol. The predicted octanol–water partition coefficient (Wildman–Crippen LogP) is 1.93. The summed E-state index contributed by atoms with van der Waals surface area (Å²) in [6.07, 6.45) is 5.99. The molecule has 3 rings (SSSR count). The van der Waals surface area contributed by atoms with Gasteiger partial charge in [0, 0.05) is 32.8 Å². The quantitative estimate of drug-likeness (QED) is 0.736. The lowest BCUT2D eigenvalue weighted by atomic mass is 10.1. The Morgan fingerprint density at radius 1 is 1.11 bits per heavy atom. The van der Waals surface area contributed by atoms with Crippen LogP contribution in [-0.4, -0.2) is 81.3 Å². The summed E-state index contributed by atoms with van der Waals surface area (Å²) in [6, 6.07) is 8.00. The van der Waals surface area contributed by atoms with Crippen molar-refractivity contribution in [2.45, 2.75) is 38.2 Å². The molecule has 0 spiro atoms. The molecule has 1 amide bonds. The van der Waals surface area contributed by atoms with E-state index in [2.05, 4.69) is 15.1 Å². The molecule has 2 aliphatic rings. The fraction of sp³-hybridized carbons (Fsp3) is 0.682. The Bertz CT molecular complexity index is 587. The number of piperidine rings is 1. The van der Waals surface area contributed by atoms with E-state index in [4.69, 9.17) is 9.47 Å². The average Bonchev–Trinajstić information content (AvgIpc) is 2.94. The number of amides is 1. The van der Waals surface area contributed by atoms with Crippen LogP contribution in [0.3, 0.4) is 0 Å². The van der Waals surface area contributed by atoms with Gasteiger partial charge in [-0.3, -0.25) is 9.69 Å². The van der Waals surface area contributed by atoms with Gasteiger partial charge in [0.1, 0.15) is 5.75 Å². The number of methoxy groups -OCH3 is 1. The Morgan fingerprint density at radius 2 is 1.86 bits per heavy atom. The van der Waals surface area contributed by atoms with Crippen LogP contribution in [0.2, 0.25) is 0 Å². The molecule has 2 heterocycles. The minimum Gasteiger partial charge on any atom is -0.497 e. The van der Waals surface area contributed by atoms with Gasteiger partial charge in [-0.2, -0.15) is 0 Å². The highest BCUT2D eigenvalue weighted by atomic mass is 16.5. The number of likely N-dealkylation sites (tertiary alicyclic amines) is 1. The van der Waals surface area contributed by atoms with Gasteiger partial charge in [-0.15, -0.1) is 0 Å². The lowest BCUT2D eigenvalue weighted by molar-refractivity contribution is -0.122. The molecule has 156 valence electrons. The molecule has 1 aromatic rings. The Balaban J connectivity index is 1.37. The van der Waals surface area contributed by atoms with Crippen LogP contribution in [0, 0.1) is 0 Å². The smallest absolute Gasteiger partial charge is 0.234 e. The van der Waals surface area contributed by atoms with Crippen LogP contribution in [-0.2, 0) is 16.0 Å². The molecule has 0 aliphatic carbocycles. The van der Waals surface area contributed by atoms with E-state index in [0.29, 0.717) is 13.1 Å². The first-order valence-corrected chi connectivity index (χ1v) is 10.7. The number of benzene rings is 1. The van der Waals surface area contributed by atoms with Crippen molar-refractivity contribution in [3.05, 3.63) is 29.8 Å². The largest absolute Gasteiger partial charge is 0.497 e. The standard InChI is InChI=1S/C22H35N3O3/c1-27-20-8-6-19(7-9-20)10-11-23-22(26)18-25-14-5-15-28-21(17-25)16-24-12-3-2-4-13-24/h6-9,21H,2-5,10-18H2,1H3,(H,23,26)/t21-/m0/s1. The average molecular weight is 390 g/mol. The zero-order valence-electron chi connectivity index (χ0n) is 17.2. The first-order valence-electron chi connectivity index (χ1n) is 10.7. The van der Waals surface area contributed by atoms with E-state index in [1.165, 1.54) is 37.9 Å². The third kappa shape index (κ3) is 7.08. The molecule has 1 aromatic carbocycles. The predicted molar refractivity (Wildman–Crippen MR) is 111 cm³/mol. The van der Waals surface area contributed by atoms with Gasteiger partial charge in [-0.25, -0.2) is 0 Å². The van der Waals surface area contributed by atoms with Crippen LogP contribution >= 0.6 is 0 Å². The monoisotopic (exact) mass is 389 g/mol. The highest BCUT2D eigenvalue weighted by Crippen LogP contribution is 2.13. The molecule has 2 saturated heterocycles. The van der Waals surface area contributed by atoms with Crippen LogP contribution in [0.4, 0.5) is 0 Å². The Morgan fingerprint density at radius 3 is 2.61 bits per heavy atom. The van der Waals surface area contributed by atoms with Crippen molar-refractivity contribution in [2.24, 2.45) is 0 Å². The van der Waals surface area contributed by atoms with Crippen LogP contribution in [0.15, 0.2) is 24.3 Å². The zero-order valence-corrected chi connectivity index (χ0v) is 17.2. The lowest BCUT2D eigenvalue weighted by Gasteiger charge is -2.31. The highest BCUT2D eigenvalue weighted by molar-refractivity contribution is 5.78. The summed E-state index contributed by atoms with van der Waals surface area (Å²) < 4.78 is 11.2. The lowest BCUT2D eigenvalue weighted by Crippen LogP contribution is -2.45. The number of nitrogens with zero attached hydrogens (tertiary/aromatic N) is 2. The molecule has 0 saturated carbocycles. The van der Waals surface area contributed by atoms with Gasteiger partial charge in [0.25, 0.3) is 0 Å². The summed E-state index contributed by atoms with van der Waals surface area (Å²) in [5.74, 6) is 0.961. The third-order valence-corrected chi connectivity index (χ3v) is 5.61. The van der Waals surface area contributed by atoms with Gasteiger partial charge in [-0.1, -0.05) is 18.6 Å². The van der Waals surface area contributed by atoms with E-state index in [-0.39, 0.29) is 12.0 Å². The normalized spacial score (nSPS) is 21.8. The van der Waals surface area contributed by atoms with Crippen molar-refractivity contribution in [1.82, 2.24) is 15.1 Å². The molecule has 2 fully saturated rings. The molecule has 1 atom stereocenters. The molecule has 28 heavy (non-hydrogen) atoms. The number of carbonyl (C=O) groups is 1. The highest BCUT2D eigenvalue weighted by Gasteiger charge is 2.23. The van der Waals surface area contributed by atoms with E-state index in [1.54, 1.807) is 7.11 Å². The van der Waals surface area contributed by atoms with E-state index in [1.807, 2.05) is 24.3 Å². The molecule has 0 radical (unpaired) electrons. The second-order valence-electron chi connectivity index (χ2n) is 7.89. The van der Waals surface area contributed by atoms with Crippen molar-refractivity contribution in [3.63, 3.8) is 0 Å². The van der Waals surface area contributed by atoms with E-state index in [0.717, 1.165) is 44.8 Å². The van der Waals surface area contributed by atoms with E-state index in [9.17, 15) is 4.79 Å². The van der Waals surface area contributed by atoms with Crippen molar-refractivity contribution in [2.75, 3.05) is 59.5 Å². The summed E-state index contributed by atoms with van der Waals surface area (Å²) in [5.41, 5.74) is 1.20. The summed E-state index contributed by atoms with van der Waals surface area (Å²) in [4.78, 5) is 17.2. The van der Waals surface area contributed by atoms with Gasteiger partial charge < -0.3 is 19.7 Å². The van der Waals surface area contributed by atoms with Crippen LogP contribution in [0.1, 0.15) is 31.2 Å². The Hall–Kier alpha value is -1.63. The maximum absolute atomic E-state index is 12.4. The van der Waals surface area contributed by atoms with Crippen LogP contribution in [0.25, 0.3) is 0 Å². The molecule has 0 unspecified atom stereocenters. The Kier molecular flexibility index (Phi) is 8.58. The Labute approximate surface area is 169 Å². The zero-order chi connectivity index (χ0) is 19.6. The minimum atomic E-state index is 0.104. The van der Waals surface area contributed by atoms with Gasteiger partial charge in [-0.05, 0) is 56.5 Å². The van der Waals surface area contributed by atoms with Gasteiger partial charge in [0.15, 0.2) is 0 Å². The maximum atomic E-state index is 12.4. The first kappa shape index (κ1) is 21.1. The number of nitrogens with one attached hydrogen (secondary N) is 1. The molecule has 2 aliphatic heterocycles. The molecule has 1 N–H and O–H groups in total. The van der Waals surface area contributed by atoms with E-state index >= 15 is 0 Å². The van der Waals surface area contributed by atoms with Crippen molar-refractivity contribution >= 4 is 5.91 Å². The number of ether oxygens (including phenoxy) is 2. The topological polar surface area (TPSA) is 54.0 Å². The summed E-state index contributed by atoms with van der Waals surface area (Å²) >= 11 is 0. The summed E-state index contributed by atoms with van der Waals surface area (Å²) in [6.45, 7) is 7.07. The number of carbonyl (C=O) groups excluding carboxylic acids is 1. The molecule has 0 aromatic heterocycles. The van der Waals surface area contributed by atoms with Crippen LogP contribution in [0.5, 0.6) is 5.75 Å². The number of hydrogen-bond donors (Lipinski definition) is 1. The minimum absolute atomic E-state index is 0.104. The SMILES string of the molecule is COc1ccc(CCNC(=O)CN2CCCO[C@@H](CN3CCCCC3)C2)cc1. The van der Waals surface area contributed by atoms with Crippen molar-refractivity contribution in [3.8, 4) is 5.75 Å². The second-order valence-corrected chi connectivity index (χ2v) is 7.89. The fourth-order valence-corrected chi connectivity index (χ4v) is 4.05.